The van der Waals surface area contributed by atoms with Crippen molar-refractivity contribution in [3.05, 3.63) is 41.0 Å². The van der Waals surface area contributed by atoms with Crippen molar-refractivity contribution < 1.29 is 4.79 Å². The monoisotopic (exact) mass is 345 g/mol. The highest BCUT2D eigenvalue weighted by atomic mass is 32.1. The van der Waals surface area contributed by atoms with E-state index < -0.39 is 0 Å². The van der Waals surface area contributed by atoms with Crippen molar-refractivity contribution >= 4 is 23.2 Å². The van der Waals surface area contributed by atoms with Crippen LogP contribution >= 0.6 is 11.3 Å². The molecule has 1 aliphatic rings. The first-order chi connectivity index (χ1) is 11.7. The molecule has 0 bridgehead atoms. The van der Waals surface area contributed by atoms with Gasteiger partial charge in [-0.3, -0.25) is 4.98 Å². The van der Waals surface area contributed by atoms with Crippen LogP contribution in [0.4, 0.5) is 10.6 Å². The largest absolute Gasteiger partial charge is 0.352 e. The minimum atomic E-state index is 0.0341. The summed E-state index contributed by atoms with van der Waals surface area (Å²) in [5.74, 6) is 1.32. The number of aromatic nitrogens is 2. The van der Waals surface area contributed by atoms with Gasteiger partial charge in [-0.2, -0.15) is 0 Å². The Balaban J connectivity index is 1.40. The van der Waals surface area contributed by atoms with Crippen molar-refractivity contribution in [3.8, 4) is 0 Å². The molecule has 0 radical (unpaired) electrons. The van der Waals surface area contributed by atoms with Gasteiger partial charge in [0.05, 0.1) is 6.20 Å². The van der Waals surface area contributed by atoms with Crippen LogP contribution in [0.2, 0.25) is 0 Å². The molecule has 24 heavy (non-hydrogen) atoms. The van der Waals surface area contributed by atoms with Gasteiger partial charge in [-0.25, -0.2) is 9.78 Å². The van der Waals surface area contributed by atoms with Crippen LogP contribution in [-0.4, -0.2) is 53.6 Å². The molecule has 0 unspecified atom stereocenters. The number of hydrogen-bond donors (Lipinski definition) is 1. The van der Waals surface area contributed by atoms with Crippen molar-refractivity contribution in [2.24, 2.45) is 5.92 Å². The lowest BCUT2D eigenvalue weighted by atomic mass is 10.1. The number of anilines is 1. The van der Waals surface area contributed by atoms with E-state index in [2.05, 4.69) is 44.6 Å². The third-order valence-corrected chi connectivity index (χ3v) is 5.07. The predicted octanol–water partition coefficient (Wildman–Crippen LogP) is 2.25. The average molecular weight is 345 g/mol. The van der Waals surface area contributed by atoms with Gasteiger partial charge in [-0.15, -0.1) is 11.3 Å². The first-order valence-corrected chi connectivity index (χ1v) is 9.16. The standard InChI is InChI=1S/C17H23N5OS/c1-14(11-15-3-2-10-24-15)12-20-17(23)22-8-6-21(7-9-22)16-13-18-4-5-19-16/h2-5,10,13-14H,6-9,11-12H2,1H3,(H,20,23)/t14-/m0/s1. The first-order valence-electron chi connectivity index (χ1n) is 8.28. The van der Waals surface area contributed by atoms with Gasteiger partial charge in [0.25, 0.3) is 0 Å². The smallest absolute Gasteiger partial charge is 0.317 e. The molecule has 1 fully saturated rings. The van der Waals surface area contributed by atoms with E-state index in [1.807, 2.05) is 4.90 Å². The van der Waals surface area contributed by atoms with Crippen molar-refractivity contribution in [1.29, 1.82) is 0 Å². The lowest BCUT2D eigenvalue weighted by Crippen LogP contribution is -2.52. The maximum atomic E-state index is 12.3. The zero-order chi connectivity index (χ0) is 16.8. The van der Waals surface area contributed by atoms with Crippen LogP contribution in [-0.2, 0) is 6.42 Å². The SMILES string of the molecule is C[C@H](CNC(=O)N1CCN(c2cnccn2)CC1)Cc1cccs1. The Morgan fingerprint density at radius 3 is 2.83 bits per heavy atom. The Hall–Kier alpha value is -2.15. The summed E-state index contributed by atoms with van der Waals surface area (Å²) < 4.78 is 0. The zero-order valence-electron chi connectivity index (χ0n) is 13.9. The molecule has 6 nitrogen and oxygen atoms in total. The number of urea groups is 1. The van der Waals surface area contributed by atoms with E-state index in [4.69, 9.17) is 0 Å². The van der Waals surface area contributed by atoms with E-state index in [9.17, 15) is 4.79 Å². The molecular formula is C17H23N5OS. The van der Waals surface area contributed by atoms with Crippen LogP contribution in [0.3, 0.4) is 0 Å². The quantitative estimate of drug-likeness (QED) is 0.903. The van der Waals surface area contributed by atoms with Crippen LogP contribution < -0.4 is 10.2 Å². The van der Waals surface area contributed by atoms with Crippen molar-refractivity contribution in [2.45, 2.75) is 13.3 Å². The molecule has 2 amide bonds. The Bertz CT molecular complexity index is 626. The highest BCUT2D eigenvalue weighted by Crippen LogP contribution is 2.14. The molecule has 128 valence electrons. The van der Waals surface area contributed by atoms with Gasteiger partial charge in [0, 0.05) is 50.0 Å². The summed E-state index contributed by atoms with van der Waals surface area (Å²) in [6.07, 6.45) is 6.15. The molecule has 2 aromatic rings. The second kappa shape index (κ2) is 8.10. The van der Waals surface area contributed by atoms with Crippen LogP contribution in [0.1, 0.15) is 11.8 Å². The molecule has 1 N–H and O–H groups in total. The van der Waals surface area contributed by atoms with E-state index in [0.717, 1.165) is 25.3 Å². The van der Waals surface area contributed by atoms with Gasteiger partial charge in [0.2, 0.25) is 0 Å². The normalized spacial score (nSPS) is 16.0. The van der Waals surface area contributed by atoms with Crippen molar-refractivity contribution in [3.63, 3.8) is 0 Å². The molecule has 2 aromatic heterocycles. The van der Waals surface area contributed by atoms with Crippen molar-refractivity contribution in [1.82, 2.24) is 20.2 Å². The molecule has 3 heterocycles. The molecule has 0 spiro atoms. The number of carbonyl (C=O) groups excluding carboxylic acids is 1. The number of thiophene rings is 1. The molecule has 0 aromatic carbocycles. The van der Waals surface area contributed by atoms with E-state index in [0.29, 0.717) is 25.6 Å². The molecule has 0 saturated carbocycles. The molecule has 1 aliphatic heterocycles. The number of nitrogens with one attached hydrogen (secondary N) is 1. The number of carbonyl (C=O) groups is 1. The Labute approximate surface area is 146 Å². The molecule has 0 aliphatic carbocycles. The second-order valence-corrected chi connectivity index (χ2v) is 7.14. The van der Waals surface area contributed by atoms with E-state index in [1.54, 1.807) is 29.9 Å². The van der Waals surface area contributed by atoms with Gasteiger partial charge in [-0.05, 0) is 23.8 Å². The van der Waals surface area contributed by atoms with Crippen LogP contribution in [0.25, 0.3) is 0 Å². The molecule has 7 heteroatoms. The van der Waals surface area contributed by atoms with Gasteiger partial charge in [-0.1, -0.05) is 13.0 Å². The maximum Gasteiger partial charge on any atom is 0.317 e. The summed E-state index contributed by atoms with van der Waals surface area (Å²) in [4.78, 5) is 26.1. The molecular weight excluding hydrogens is 322 g/mol. The van der Waals surface area contributed by atoms with Crippen LogP contribution in [0.5, 0.6) is 0 Å². The van der Waals surface area contributed by atoms with E-state index in [1.165, 1.54) is 4.88 Å². The third kappa shape index (κ3) is 4.44. The van der Waals surface area contributed by atoms with Gasteiger partial charge >= 0.3 is 6.03 Å². The topological polar surface area (TPSA) is 61.4 Å². The highest BCUT2D eigenvalue weighted by Gasteiger charge is 2.22. The lowest BCUT2D eigenvalue weighted by molar-refractivity contribution is 0.192. The van der Waals surface area contributed by atoms with Crippen LogP contribution in [0, 0.1) is 5.92 Å². The van der Waals surface area contributed by atoms with Gasteiger partial charge in [0.1, 0.15) is 5.82 Å². The summed E-state index contributed by atoms with van der Waals surface area (Å²) in [6.45, 7) is 5.88. The summed E-state index contributed by atoms with van der Waals surface area (Å²) >= 11 is 1.77. The number of rotatable bonds is 5. The van der Waals surface area contributed by atoms with Gasteiger partial charge in [0.15, 0.2) is 0 Å². The number of hydrogen-bond acceptors (Lipinski definition) is 5. The van der Waals surface area contributed by atoms with Crippen LogP contribution in [0.15, 0.2) is 36.1 Å². The molecule has 1 atom stereocenters. The maximum absolute atomic E-state index is 12.3. The Morgan fingerprint density at radius 2 is 2.17 bits per heavy atom. The number of amides is 2. The second-order valence-electron chi connectivity index (χ2n) is 6.11. The summed E-state index contributed by atoms with van der Waals surface area (Å²) in [6, 6.07) is 4.25. The number of nitrogens with zero attached hydrogens (tertiary/aromatic N) is 4. The number of piperazine rings is 1. The van der Waals surface area contributed by atoms with E-state index >= 15 is 0 Å². The Kier molecular flexibility index (Phi) is 5.63. The fraction of sp³-hybridized carbons (Fsp3) is 0.471. The van der Waals surface area contributed by atoms with Crippen molar-refractivity contribution in [2.75, 3.05) is 37.6 Å². The lowest BCUT2D eigenvalue weighted by Gasteiger charge is -2.35. The summed E-state index contributed by atoms with van der Waals surface area (Å²) in [5.41, 5.74) is 0. The summed E-state index contributed by atoms with van der Waals surface area (Å²) in [7, 11) is 0. The minimum Gasteiger partial charge on any atom is -0.352 e. The Morgan fingerprint density at radius 1 is 1.33 bits per heavy atom. The fourth-order valence-corrected chi connectivity index (χ4v) is 3.68. The van der Waals surface area contributed by atoms with E-state index in [-0.39, 0.29) is 6.03 Å². The summed E-state index contributed by atoms with van der Waals surface area (Å²) in [5, 5.41) is 5.16. The molecule has 1 saturated heterocycles. The minimum absolute atomic E-state index is 0.0341. The third-order valence-electron chi connectivity index (χ3n) is 4.17. The zero-order valence-corrected chi connectivity index (χ0v) is 14.7. The highest BCUT2D eigenvalue weighted by molar-refractivity contribution is 7.09. The fourth-order valence-electron chi connectivity index (χ4n) is 2.81. The average Bonchev–Trinajstić information content (AvgIpc) is 3.13. The van der Waals surface area contributed by atoms with Gasteiger partial charge < -0.3 is 15.1 Å². The molecule has 3 rings (SSSR count). The predicted molar refractivity (Wildman–Crippen MR) is 96.4 cm³/mol. The first kappa shape index (κ1) is 16.7.